The summed E-state index contributed by atoms with van der Waals surface area (Å²) in [4.78, 5) is 14.6. The second kappa shape index (κ2) is 3.42. The molecule has 0 aliphatic heterocycles. The zero-order chi connectivity index (χ0) is 10.3. The molecule has 0 aliphatic carbocycles. The number of rotatable bonds is 1. The van der Waals surface area contributed by atoms with Crippen LogP contribution in [0.15, 0.2) is 12.3 Å². The minimum absolute atomic E-state index is 0.115. The van der Waals surface area contributed by atoms with Gasteiger partial charge in [0.05, 0.1) is 10.0 Å². The Morgan fingerprint density at radius 2 is 2.07 bits per heavy atom. The molecule has 0 radical (unpaired) electrons. The molecule has 6 heteroatoms. The van der Waals surface area contributed by atoms with Crippen molar-refractivity contribution in [1.82, 2.24) is 9.38 Å². The lowest BCUT2D eigenvalue weighted by Gasteiger charge is -1.98. The normalized spacial score (nSPS) is 10.8. The number of aldehydes is 1. The molecule has 0 bridgehead atoms. The van der Waals surface area contributed by atoms with Crippen LogP contribution in [-0.2, 0) is 0 Å². The maximum Gasteiger partial charge on any atom is 0.170 e. The van der Waals surface area contributed by atoms with Gasteiger partial charge in [-0.2, -0.15) is 0 Å². The van der Waals surface area contributed by atoms with Gasteiger partial charge in [0.15, 0.2) is 17.1 Å². The van der Waals surface area contributed by atoms with Crippen LogP contribution >= 0.6 is 34.8 Å². The number of imidazole rings is 1. The molecule has 0 unspecified atom stereocenters. The van der Waals surface area contributed by atoms with E-state index in [9.17, 15) is 4.79 Å². The van der Waals surface area contributed by atoms with Crippen molar-refractivity contribution >= 4 is 46.7 Å². The second-order valence-electron chi connectivity index (χ2n) is 2.61. The molecule has 2 rings (SSSR count). The largest absolute Gasteiger partial charge is 0.296 e. The standard InChI is InChI=1S/C8H3Cl3N2O/c9-4-1-5(10)8-12-7(11)6(3-14)13(8)2-4/h1-3H. The Kier molecular flexibility index (Phi) is 2.39. The topological polar surface area (TPSA) is 34.4 Å². The van der Waals surface area contributed by atoms with Gasteiger partial charge in [0.25, 0.3) is 0 Å². The number of aromatic nitrogens is 2. The Balaban J connectivity index is 2.94. The summed E-state index contributed by atoms with van der Waals surface area (Å²) in [6, 6.07) is 1.54. The average molecular weight is 249 g/mol. The van der Waals surface area contributed by atoms with Gasteiger partial charge in [0.2, 0.25) is 0 Å². The number of carbonyl (C=O) groups excluding carboxylic acids is 1. The summed E-state index contributed by atoms with van der Waals surface area (Å²) in [5.74, 6) is 0. The third kappa shape index (κ3) is 1.38. The third-order valence-electron chi connectivity index (χ3n) is 1.75. The summed E-state index contributed by atoms with van der Waals surface area (Å²) in [6.07, 6.45) is 2.14. The number of nitrogens with zero attached hydrogens (tertiary/aromatic N) is 2. The summed E-state index contributed by atoms with van der Waals surface area (Å²) in [7, 11) is 0. The Morgan fingerprint density at radius 1 is 1.36 bits per heavy atom. The van der Waals surface area contributed by atoms with E-state index in [1.807, 2.05) is 0 Å². The molecule has 2 aromatic heterocycles. The van der Waals surface area contributed by atoms with Gasteiger partial charge in [0, 0.05) is 6.20 Å². The minimum atomic E-state index is 0.115. The summed E-state index contributed by atoms with van der Waals surface area (Å²) in [5, 5.41) is 0.885. The first-order chi connectivity index (χ1) is 6.63. The first kappa shape index (κ1) is 9.77. The smallest absolute Gasteiger partial charge is 0.170 e. The molecule has 0 fully saturated rings. The van der Waals surface area contributed by atoms with Crippen LogP contribution in [0.1, 0.15) is 10.5 Å². The highest BCUT2D eigenvalue weighted by atomic mass is 35.5. The van der Waals surface area contributed by atoms with E-state index in [4.69, 9.17) is 34.8 Å². The van der Waals surface area contributed by atoms with Gasteiger partial charge >= 0.3 is 0 Å². The Bertz CT molecular complexity index is 521. The van der Waals surface area contributed by atoms with Crippen LogP contribution in [0.4, 0.5) is 0 Å². The maximum atomic E-state index is 10.7. The van der Waals surface area contributed by atoms with Gasteiger partial charge in [0.1, 0.15) is 5.69 Å². The second-order valence-corrected chi connectivity index (χ2v) is 3.81. The molecule has 3 nitrogen and oxygen atoms in total. The van der Waals surface area contributed by atoms with Crippen molar-refractivity contribution in [3.8, 4) is 0 Å². The van der Waals surface area contributed by atoms with Crippen LogP contribution in [0.25, 0.3) is 5.65 Å². The van der Waals surface area contributed by atoms with Gasteiger partial charge in [-0.05, 0) is 6.07 Å². The van der Waals surface area contributed by atoms with Gasteiger partial charge in [-0.3, -0.25) is 9.20 Å². The van der Waals surface area contributed by atoms with E-state index >= 15 is 0 Å². The lowest BCUT2D eigenvalue weighted by atomic mass is 10.4. The van der Waals surface area contributed by atoms with Crippen LogP contribution in [0.2, 0.25) is 15.2 Å². The first-order valence-electron chi connectivity index (χ1n) is 3.61. The third-order valence-corrected chi connectivity index (χ3v) is 2.51. The molecule has 2 heterocycles. The van der Waals surface area contributed by atoms with Crippen molar-refractivity contribution in [2.24, 2.45) is 0 Å². The summed E-state index contributed by atoms with van der Waals surface area (Å²) in [5.41, 5.74) is 0.661. The van der Waals surface area contributed by atoms with Crippen LogP contribution in [-0.4, -0.2) is 15.7 Å². The number of carbonyl (C=O) groups is 1. The quantitative estimate of drug-likeness (QED) is 0.728. The SMILES string of the molecule is O=Cc1c(Cl)nc2c(Cl)cc(Cl)cn12. The summed E-state index contributed by atoms with van der Waals surface area (Å²) in [6.45, 7) is 0. The zero-order valence-corrected chi connectivity index (χ0v) is 8.94. The van der Waals surface area contributed by atoms with E-state index in [1.165, 1.54) is 16.7 Å². The number of hydrogen-bond acceptors (Lipinski definition) is 2. The van der Waals surface area contributed by atoms with E-state index in [0.717, 1.165) is 0 Å². The number of fused-ring (bicyclic) bond motifs is 1. The molecule has 0 N–H and O–H groups in total. The maximum absolute atomic E-state index is 10.7. The molecule has 0 spiro atoms. The van der Waals surface area contributed by atoms with E-state index in [0.29, 0.717) is 22.0 Å². The molecular formula is C8H3Cl3N2O. The van der Waals surface area contributed by atoms with Crippen molar-refractivity contribution < 1.29 is 4.79 Å². The molecule has 0 saturated carbocycles. The fourth-order valence-electron chi connectivity index (χ4n) is 1.17. The monoisotopic (exact) mass is 248 g/mol. The van der Waals surface area contributed by atoms with E-state index in [1.54, 1.807) is 0 Å². The highest BCUT2D eigenvalue weighted by Crippen LogP contribution is 2.25. The lowest BCUT2D eigenvalue weighted by Crippen LogP contribution is -1.91. The van der Waals surface area contributed by atoms with Crippen LogP contribution in [0.3, 0.4) is 0 Å². The van der Waals surface area contributed by atoms with Crippen molar-refractivity contribution in [2.75, 3.05) is 0 Å². The lowest BCUT2D eigenvalue weighted by molar-refractivity contribution is 0.111. The fraction of sp³-hybridized carbons (Fsp3) is 0. The Morgan fingerprint density at radius 3 is 2.71 bits per heavy atom. The predicted molar refractivity (Wildman–Crippen MR) is 55.6 cm³/mol. The molecule has 2 aromatic rings. The van der Waals surface area contributed by atoms with E-state index in [-0.39, 0.29) is 10.8 Å². The molecule has 72 valence electrons. The minimum Gasteiger partial charge on any atom is -0.296 e. The van der Waals surface area contributed by atoms with Crippen molar-refractivity contribution in [3.05, 3.63) is 33.2 Å². The molecular weight excluding hydrogens is 246 g/mol. The summed E-state index contributed by atoms with van der Waals surface area (Å²) < 4.78 is 1.46. The average Bonchev–Trinajstić information content (AvgIpc) is 2.41. The highest BCUT2D eigenvalue weighted by Gasteiger charge is 2.12. The van der Waals surface area contributed by atoms with Gasteiger partial charge < -0.3 is 0 Å². The van der Waals surface area contributed by atoms with Crippen molar-refractivity contribution in [2.45, 2.75) is 0 Å². The molecule has 0 aliphatic rings. The van der Waals surface area contributed by atoms with Crippen LogP contribution in [0.5, 0.6) is 0 Å². The van der Waals surface area contributed by atoms with E-state index < -0.39 is 0 Å². The Labute approximate surface area is 94.2 Å². The molecule has 14 heavy (non-hydrogen) atoms. The predicted octanol–water partition coefficient (Wildman–Crippen LogP) is 3.11. The zero-order valence-electron chi connectivity index (χ0n) is 6.67. The highest BCUT2D eigenvalue weighted by molar-refractivity contribution is 6.37. The number of halogens is 3. The van der Waals surface area contributed by atoms with Crippen LogP contribution < -0.4 is 0 Å². The van der Waals surface area contributed by atoms with Gasteiger partial charge in [-0.1, -0.05) is 34.8 Å². The van der Waals surface area contributed by atoms with Gasteiger partial charge in [-0.25, -0.2) is 4.98 Å². The van der Waals surface area contributed by atoms with E-state index in [2.05, 4.69) is 4.98 Å². The summed E-state index contributed by atoms with van der Waals surface area (Å²) >= 11 is 17.4. The number of hydrogen-bond donors (Lipinski definition) is 0. The Hall–Kier alpha value is -0.770. The van der Waals surface area contributed by atoms with Gasteiger partial charge in [-0.15, -0.1) is 0 Å². The van der Waals surface area contributed by atoms with Crippen LogP contribution in [0, 0.1) is 0 Å². The first-order valence-corrected chi connectivity index (χ1v) is 4.74. The van der Waals surface area contributed by atoms with Crippen molar-refractivity contribution in [1.29, 1.82) is 0 Å². The number of pyridine rings is 1. The van der Waals surface area contributed by atoms with Crippen molar-refractivity contribution in [3.63, 3.8) is 0 Å². The fourth-order valence-corrected chi connectivity index (χ4v) is 1.90. The molecule has 0 saturated heterocycles. The molecule has 0 aromatic carbocycles. The molecule has 0 amide bonds. The molecule has 0 atom stereocenters.